The van der Waals surface area contributed by atoms with E-state index in [9.17, 15) is 9.59 Å². The van der Waals surface area contributed by atoms with Crippen molar-refractivity contribution < 1.29 is 14.7 Å². The summed E-state index contributed by atoms with van der Waals surface area (Å²) in [4.78, 5) is 29.9. The number of hydrogen-bond acceptors (Lipinski definition) is 2. The van der Waals surface area contributed by atoms with Gasteiger partial charge in [0.1, 0.15) is 0 Å². The molecule has 3 rings (SSSR count). The van der Waals surface area contributed by atoms with Gasteiger partial charge in [-0.15, -0.1) is 0 Å². The molecule has 0 bridgehead atoms. The summed E-state index contributed by atoms with van der Waals surface area (Å²) in [5.41, 5.74) is 0. The Bertz CT molecular complexity index is 419. The van der Waals surface area contributed by atoms with E-state index >= 15 is 0 Å². The molecule has 2 aliphatic carbocycles. The molecule has 6 heteroatoms. The normalized spacial score (nSPS) is 24.0. The van der Waals surface area contributed by atoms with Crippen molar-refractivity contribution in [3.05, 3.63) is 0 Å². The van der Waals surface area contributed by atoms with Gasteiger partial charge in [0, 0.05) is 38.3 Å². The summed E-state index contributed by atoms with van der Waals surface area (Å²) in [6, 6.07) is 0.956. The summed E-state index contributed by atoms with van der Waals surface area (Å²) in [5.74, 6) is 0. The number of urea groups is 1. The number of hydrogen-bond donors (Lipinski definition) is 1. The van der Waals surface area contributed by atoms with Crippen LogP contribution in [0.1, 0.15) is 64.2 Å². The molecular weight excluding hydrogens is 306 g/mol. The maximum Gasteiger partial charge on any atom is 0.407 e. The van der Waals surface area contributed by atoms with Gasteiger partial charge in [-0.25, -0.2) is 9.59 Å². The van der Waals surface area contributed by atoms with Crippen LogP contribution < -0.4 is 0 Å². The van der Waals surface area contributed by atoms with Crippen molar-refractivity contribution >= 4 is 12.1 Å². The van der Waals surface area contributed by atoms with Crippen LogP contribution in [-0.4, -0.2) is 70.2 Å². The first-order valence-electron chi connectivity index (χ1n) is 9.72. The Labute approximate surface area is 144 Å². The predicted octanol–water partition coefficient (Wildman–Crippen LogP) is 3.37. The second kappa shape index (κ2) is 8.08. The highest BCUT2D eigenvalue weighted by atomic mass is 16.4. The van der Waals surface area contributed by atoms with Crippen molar-refractivity contribution in [2.45, 2.75) is 76.3 Å². The molecule has 136 valence electrons. The number of amides is 3. The smallest absolute Gasteiger partial charge is 0.407 e. The number of nitrogens with zero attached hydrogens (tertiary/aromatic N) is 3. The highest BCUT2D eigenvalue weighted by Gasteiger charge is 2.36. The third kappa shape index (κ3) is 3.95. The van der Waals surface area contributed by atoms with Gasteiger partial charge in [-0.1, -0.05) is 38.5 Å². The molecule has 0 aromatic carbocycles. The van der Waals surface area contributed by atoms with Crippen LogP contribution in [-0.2, 0) is 0 Å². The van der Waals surface area contributed by atoms with Gasteiger partial charge in [-0.3, -0.25) is 0 Å². The van der Waals surface area contributed by atoms with E-state index in [1.165, 1.54) is 43.4 Å². The van der Waals surface area contributed by atoms with Crippen molar-refractivity contribution in [2.75, 3.05) is 26.2 Å². The zero-order valence-electron chi connectivity index (χ0n) is 14.7. The van der Waals surface area contributed by atoms with Gasteiger partial charge in [0.2, 0.25) is 0 Å². The fourth-order valence-corrected chi connectivity index (χ4v) is 4.58. The Morgan fingerprint density at radius 3 is 1.54 bits per heavy atom. The lowest BCUT2D eigenvalue weighted by Crippen LogP contribution is -2.58. The van der Waals surface area contributed by atoms with Crippen LogP contribution in [0, 0.1) is 0 Å². The second-order valence-corrected chi connectivity index (χ2v) is 7.53. The average Bonchev–Trinajstić information content (AvgIpc) is 2.64. The monoisotopic (exact) mass is 337 g/mol. The average molecular weight is 337 g/mol. The van der Waals surface area contributed by atoms with Gasteiger partial charge >= 0.3 is 12.1 Å². The van der Waals surface area contributed by atoms with Crippen LogP contribution in [0.2, 0.25) is 0 Å². The summed E-state index contributed by atoms with van der Waals surface area (Å²) < 4.78 is 0. The first-order valence-corrected chi connectivity index (χ1v) is 9.72. The maximum atomic E-state index is 13.3. The van der Waals surface area contributed by atoms with Crippen LogP contribution in [0.5, 0.6) is 0 Å². The topological polar surface area (TPSA) is 64.1 Å². The first-order chi connectivity index (χ1) is 11.7. The van der Waals surface area contributed by atoms with Crippen LogP contribution in [0.3, 0.4) is 0 Å². The van der Waals surface area contributed by atoms with Crippen molar-refractivity contribution in [2.24, 2.45) is 0 Å². The van der Waals surface area contributed by atoms with Crippen LogP contribution in [0.4, 0.5) is 9.59 Å². The summed E-state index contributed by atoms with van der Waals surface area (Å²) in [6.07, 6.45) is 11.2. The van der Waals surface area contributed by atoms with Gasteiger partial charge in [0.25, 0.3) is 0 Å². The molecule has 0 spiro atoms. The number of rotatable bonds is 2. The van der Waals surface area contributed by atoms with E-state index < -0.39 is 6.09 Å². The summed E-state index contributed by atoms with van der Waals surface area (Å²) >= 11 is 0. The van der Waals surface area contributed by atoms with Crippen LogP contribution >= 0.6 is 0 Å². The van der Waals surface area contributed by atoms with Gasteiger partial charge in [0.05, 0.1) is 0 Å². The number of carbonyl (C=O) groups is 2. The summed E-state index contributed by atoms with van der Waals surface area (Å²) in [6.45, 7) is 1.93. The molecule has 1 aliphatic heterocycles. The van der Waals surface area contributed by atoms with Crippen molar-refractivity contribution in [1.29, 1.82) is 0 Å². The second-order valence-electron chi connectivity index (χ2n) is 7.53. The zero-order chi connectivity index (χ0) is 16.9. The number of piperazine rings is 1. The summed E-state index contributed by atoms with van der Waals surface area (Å²) in [7, 11) is 0. The molecule has 0 atom stereocenters. The van der Waals surface area contributed by atoms with Crippen LogP contribution in [0.15, 0.2) is 0 Å². The molecule has 0 unspecified atom stereocenters. The molecule has 0 aromatic rings. The van der Waals surface area contributed by atoms with Gasteiger partial charge in [0.15, 0.2) is 0 Å². The molecule has 24 heavy (non-hydrogen) atoms. The van der Waals surface area contributed by atoms with Crippen molar-refractivity contribution in [3.63, 3.8) is 0 Å². The fourth-order valence-electron chi connectivity index (χ4n) is 4.58. The molecule has 6 nitrogen and oxygen atoms in total. The van der Waals surface area contributed by atoms with Gasteiger partial charge < -0.3 is 19.8 Å². The minimum Gasteiger partial charge on any atom is -0.465 e. The van der Waals surface area contributed by atoms with E-state index in [4.69, 9.17) is 5.11 Å². The third-order valence-corrected chi connectivity index (χ3v) is 5.98. The molecule has 1 saturated heterocycles. The Hall–Kier alpha value is -1.46. The molecule has 1 N–H and O–H groups in total. The molecule has 3 aliphatic rings. The Morgan fingerprint density at radius 1 is 0.708 bits per heavy atom. The number of carboxylic acid groups (broad SMARTS) is 1. The quantitative estimate of drug-likeness (QED) is 0.840. The Balaban J connectivity index is 1.67. The molecule has 2 saturated carbocycles. The highest BCUT2D eigenvalue weighted by Crippen LogP contribution is 2.31. The maximum absolute atomic E-state index is 13.3. The van der Waals surface area contributed by atoms with E-state index in [0.29, 0.717) is 38.3 Å². The van der Waals surface area contributed by atoms with Crippen LogP contribution in [0.25, 0.3) is 0 Å². The summed E-state index contributed by atoms with van der Waals surface area (Å²) in [5, 5.41) is 9.09. The number of carbonyl (C=O) groups excluding carboxylic acids is 1. The van der Waals surface area contributed by atoms with Gasteiger partial charge in [-0.2, -0.15) is 0 Å². The largest absolute Gasteiger partial charge is 0.465 e. The molecular formula is C18H31N3O3. The van der Waals surface area contributed by atoms with Gasteiger partial charge in [-0.05, 0) is 25.7 Å². The fraction of sp³-hybridized carbons (Fsp3) is 0.889. The lowest BCUT2D eigenvalue weighted by molar-refractivity contribution is 0.0616. The lowest BCUT2D eigenvalue weighted by Gasteiger charge is -2.45. The minimum absolute atomic E-state index is 0.166. The van der Waals surface area contributed by atoms with Crippen molar-refractivity contribution in [3.8, 4) is 0 Å². The SMILES string of the molecule is O=C(O)N1CCN(C(=O)N(C2CCCCC2)C2CCCCC2)CC1. The molecule has 3 fully saturated rings. The van der Waals surface area contributed by atoms with E-state index in [1.54, 1.807) is 0 Å². The first kappa shape index (κ1) is 17.4. The zero-order valence-corrected chi connectivity index (χ0v) is 14.7. The van der Waals surface area contributed by atoms with Crippen molar-refractivity contribution in [1.82, 2.24) is 14.7 Å². The van der Waals surface area contributed by atoms with E-state index in [1.807, 2.05) is 4.90 Å². The van der Waals surface area contributed by atoms with E-state index in [0.717, 1.165) is 25.7 Å². The molecule has 0 aromatic heterocycles. The predicted molar refractivity (Wildman–Crippen MR) is 92.2 cm³/mol. The Morgan fingerprint density at radius 2 is 1.12 bits per heavy atom. The molecule has 1 heterocycles. The molecule has 0 radical (unpaired) electrons. The van der Waals surface area contributed by atoms with E-state index in [-0.39, 0.29) is 6.03 Å². The standard InChI is InChI=1S/C18H31N3O3/c22-17(19-11-13-20(14-12-19)18(23)24)21(15-7-3-1-4-8-15)16-9-5-2-6-10-16/h15-16H,1-14H2,(H,23,24). The molecule has 3 amide bonds. The third-order valence-electron chi connectivity index (χ3n) is 5.98. The minimum atomic E-state index is -0.876. The Kier molecular flexibility index (Phi) is 5.85. The highest BCUT2D eigenvalue weighted by molar-refractivity contribution is 5.76. The lowest BCUT2D eigenvalue weighted by atomic mass is 9.89. The van der Waals surface area contributed by atoms with E-state index in [2.05, 4.69) is 4.90 Å².